The molecule has 2 aromatic carbocycles. The van der Waals surface area contributed by atoms with Crippen molar-refractivity contribution in [2.24, 2.45) is 0 Å². The molecule has 2 rings (SSSR count). The van der Waals surface area contributed by atoms with Crippen LogP contribution in [0.25, 0.3) is 0 Å². The second kappa shape index (κ2) is 9.80. The second-order valence-corrected chi connectivity index (χ2v) is 8.92. The summed E-state index contributed by atoms with van der Waals surface area (Å²) >= 11 is 0. The smallest absolute Gasteiger partial charge is 0.243 e. The Labute approximate surface area is 176 Å². The maximum Gasteiger partial charge on any atom is 0.243 e. The molecule has 9 heteroatoms. The summed E-state index contributed by atoms with van der Waals surface area (Å²) in [6, 6.07) is 9.51. The number of methoxy groups -OCH3 is 1. The van der Waals surface area contributed by atoms with Crippen LogP contribution < -0.4 is 19.1 Å². The Bertz CT molecular complexity index is 995. The molecule has 0 aliphatic heterocycles. The van der Waals surface area contributed by atoms with Gasteiger partial charge in [-0.05, 0) is 50.6 Å². The standard InChI is InChI=1S/C21H27FN2O5S/c1-14(2)29-19-11-10-16(12-20(19)28-4)13-23-21(25)15(3)24(30(5,26)27)18-9-7-6-8-17(18)22/h6-12,14-15H,13H2,1-5H3,(H,23,25)/t15-/m0/s1. The average molecular weight is 439 g/mol. The number of para-hydroxylation sites is 1. The van der Waals surface area contributed by atoms with Crippen molar-refractivity contribution < 1.29 is 27.1 Å². The zero-order valence-corrected chi connectivity index (χ0v) is 18.5. The Hall–Kier alpha value is -2.81. The largest absolute Gasteiger partial charge is 0.493 e. The predicted octanol–water partition coefficient (Wildman–Crippen LogP) is 3.09. The van der Waals surface area contributed by atoms with E-state index in [2.05, 4.69) is 5.32 Å². The number of nitrogens with one attached hydrogen (secondary N) is 1. The van der Waals surface area contributed by atoms with Crippen molar-refractivity contribution in [2.75, 3.05) is 17.7 Å². The molecule has 0 aliphatic carbocycles. The SMILES string of the molecule is COc1cc(CNC(=O)[C@H](C)N(c2ccccc2F)S(C)(=O)=O)ccc1OC(C)C. The number of carbonyl (C=O) groups excluding carboxylic acids is 1. The lowest BCUT2D eigenvalue weighted by molar-refractivity contribution is -0.122. The van der Waals surface area contributed by atoms with Crippen molar-refractivity contribution in [1.29, 1.82) is 0 Å². The number of sulfonamides is 1. The van der Waals surface area contributed by atoms with Gasteiger partial charge in [-0.15, -0.1) is 0 Å². The van der Waals surface area contributed by atoms with E-state index >= 15 is 0 Å². The quantitative estimate of drug-likeness (QED) is 0.650. The number of amides is 1. The van der Waals surface area contributed by atoms with Crippen LogP contribution in [0.2, 0.25) is 0 Å². The van der Waals surface area contributed by atoms with Crippen LogP contribution in [0.3, 0.4) is 0 Å². The van der Waals surface area contributed by atoms with E-state index in [-0.39, 0.29) is 18.3 Å². The lowest BCUT2D eigenvalue weighted by atomic mass is 10.2. The first-order valence-corrected chi connectivity index (χ1v) is 11.2. The first-order valence-electron chi connectivity index (χ1n) is 9.39. The van der Waals surface area contributed by atoms with Gasteiger partial charge in [0, 0.05) is 6.54 Å². The summed E-state index contributed by atoms with van der Waals surface area (Å²) in [6.45, 7) is 5.34. The first kappa shape index (κ1) is 23.5. The molecule has 7 nitrogen and oxygen atoms in total. The average Bonchev–Trinajstić information content (AvgIpc) is 2.67. The Morgan fingerprint density at radius 1 is 1.13 bits per heavy atom. The van der Waals surface area contributed by atoms with E-state index in [1.807, 2.05) is 13.8 Å². The van der Waals surface area contributed by atoms with Crippen molar-refractivity contribution in [3.05, 3.63) is 53.8 Å². The zero-order chi connectivity index (χ0) is 22.5. The molecule has 0 unspecified atom stereocenters. The van der Waals surface area contributed by atoms with Crippen LogP contribution in [-0.4, -0.2) is 39.8 Å². The minimum Gasteiger partial charge on any atom is -0.493 e. The monoisotopic (exact) mass is 438 g/mol. The van der Waals surface area contributed by atoms with Crippen LogP contribution in [0.15, 0.2) is 42.5 Å². The molecule has 0 saturated carbocycles. The van der Waals surface area contributed by atoms with Gasteiger partial charge >= 0.3 is 0 Å². The van der Waals surface area contributed by atoms with Crippen molar-refractivity contribution in [3.63, 3.8) is 0 Å². The Kier molecular flexibility index (Phi) is 7.66. The molecule has 1 atom stereocenters. The van der Waals surface area contributed by atoms with E-state index in [4.69, 9.17) is 9.47 Å². The first-order chi connectivity index (χ1) is 14.0. The lowest BCUT2D eigenvalue weighted by Gasteiger charge is -2.28. The minimum absolute atomic E-state index is 0.0225. The molecule has 0 aromatic heterocycles. The van der Waals surface area contributed by atoms with Gasteiger partial charge in [0.05, 0.1) is 25.2 Å². The number of nitrogens with zero attached hydrogens (tertiary/aromatic N) is 1. The van der Waals surface area contributed by atoms with Gasteiger partial charge in [-0.1, -0.05) is 18.2 Å². The summed E-state index contributed by atoms with van der Waals surface area (Å²) in [5.41, 5.74) is 0.555. The number of hydrogen-bond acceptors (Lipinski definition) is 5. The number of rotatable bonds is 9. The number of hydrogen-bond donors (Lipinski definition) is 1. The Morgan fingerprint density at radius 2 is 1.80 bits per heavy atom. The maximum atomic E-state index is 14.2. The highest BCUT2D eigenvalue weighted by molar-refractivity contribution is 7.92. The van der Waals surface area contributed by atoms with Crippen LogP contribution in [0.5, 0.6) is 11.5 Å². The molecule has 164 valence electrons. The second-order valence-electron chi connectivity index (χ2n) is 7.06. The summed E-state index contributed by atoms with van der Waals surface area (Å²) in [6.07, 6.45) is 0.910. The van der Waals surface area contributed by atoms with Gasteiger partial charge in [0.1, 0.15) is 11.9 Å². The van der Waals surface area contributed by atoms with E-state index < -0.39 is 27.8 Å². The number of benzene rings is 2. The molecular weight excluding hydrogens is 411 g/mol. The van der Waals surface area contributed by atoms with Crippen molar-refractivity contribution in [3.8, 4) is 11.5 Å². The topological polar surface area (TPSA) is 84.9 Å². The van der Waals surface area contributed by atoms with Crippen molar-refractivity contribution in [2.45, 2.75) is 39.5 Å². The van der Waals surface area contributed by atoms with E-state index in [0.717, 1.165) is 22.2 Å². The number of anilines is 1. The highest BCUT2D eigenvalue weighted by atomic mass is 32.2. The summed E-state index contributed by atoms with van der Waals surface area (Å²) < 4.78 is 50.5. The highest BCUT2D eigenvalue weighted by Gasteiger charge is 2.30. The van der Waals surface area contributed by atoms with Crippen LogP contribution in [0.4, 0.5) is 10.1 Å². The van der Waals surface area contributed by atoms with Crippen LogP contribution in [0.1, 0.15) is 26.3 Å². The Morgan fingerprint density at radius 3 is 2.37 bits per heavy atom. The van der Waals surface area contributed by atoms with Gasteiger partial charge in [0.15, 0.2) is 11.5 Å². The van der Waals surface area contributed by atoms with E-state index in [1.165, 1.54) is 32.2 Å². The third-order valence-electron chi connectivity index (χ3n) is 4.24. The van der Waals surface area contributed by atoms with Crippen LogP contribution >= 0.6 is 0 Å². The molecule has 30 heavy (non-hydrogen) atoms. The molecule has 1 N–H and O–H groups in total. The number of carbonyl (C=O) groups is 1. The van der Waals surface area contributed by atoms with Crippen LogP contribution in [0, 0.1) is 5.82 Å². The molecule has 0 fully saturated rings. The normalized spacial score (nSPS) is 12.4. The minimum atomic E-state index is -3.90. The molecule has 0 aliphatic rings. The molecular formula is C21H27FN2O5S. The van der Waals surface area contributed by atoms with Gasteiger partial charge in [0.2, 0.25) is 15.9 Å². The zero-order valence-electron chi connectivity index (χ0n) is 17.7. The van der Waals surface area contributed by atoms with Gasteiger partial charge in [-0.3, -0.25) is 9.10 Å². The Balaban J connectivity index is 2.17. The number of halogens is 1. The van der Waals surface area contributed by atoms with E-state index in [0.29, 0.717) is 11.5 Å². The maximum absolute atomic E-state index is 14.2. The molecule has 0 saturated heterocycles. The fourth-order valence-corrected chi connectivity index (χ4v) is 4.10. The third kappa shape index (κ3) is 5.85. The van der Waals surface area contributed by atoms with Crippen LogP contribution in [-0.2, 0) is 21.4 Å². The molecule has 1 amide bonds. The van der Waals surface area contributed by atoms with E-state index in [1.54, 1.807) is 18.2 Å². The fourth-order valence-electron chi connectivity index (χ4n) is 2.92. The fraction of sp³-hybridized carbons (Fsp3) is 0.381. The van der Waals surface area contributed by atoms with Crippen molar-refractivity contribution >= 4 is 21.6 Å². The highest BCUT2D eigenvalue weighted by Crippen LogP contribution is 2.29. The molecule has 0 spiro atoms. The number of ether oxygens (including phenoxy) is 2. The molecule has 0 bridgehead atoms. The molecule has 0 radical (unpaired) electrons. The summed E-state index contributed by atoms with van der Waals surface area (Å²) in [5, 5.41) is 2.69. The van der Waals surface area contributed by atoms with Gasteiger partial charge in [-0.25, -0.2) is 12.8 Å². The van der Waals surface area contributed by atoms with Crippen molar-refractivity contribution in [1.82, 2.24) is 5.32 Å². The van der Waals surface area contributed by atoms with Gasteiger partial charge in [0.25, 0.3) is 0 Å². The lowest BCUT2D eigenvalue weighted by Crippen LogP contribution is -2.48. The van der Waals surface area contributed by atoms with Gasteiger partial charge < -0.3 is 14.8 Å². The summed E-state index contributed by atoms with van der Waals surface area (Å²) in [5.74, 6) is -0.190. The predicted molar refractivity (Wildman–Crippen MR) is 114 cm³/mol. The molecule has 0 heterocycles. The third-order valence-corrected chi connectivity index (χ3v) is 5.46. The van der Waals surface area contributed by atoms with E-state index in [9.17, 15) is 17.6 Å². The molecule has 2 aromatic rings. The van der Waals surface area contributed by atoms with Gasteiger partial charge in [-0.2, -0.15) is 0 Å². The summed E-state index contributed by atoms with van der Waals surface area (Å²) in [7, 11) is -2.38. The summed E-state index contributed by atoms with van der Waals surface area (Å²) in [4.78, 5) is 12.7.